The summed E-state index contributed by atoms with van der Waals surface area (Å²) in [5.74, 6) is -0.248. The molecular weight excluding hydrogens is 371 g/mol. The van der Waals surface area contributed by atoms with Gasteiger partial charge in [0.15, 0.2) is 5.82 Å². The molecular formula is C15H14F3N5O2S. The number of hydrogen-bond acceptors (Lipinski definition) is 6. The molecule has 0 aromatic carbocycles. The van der Waals surface area contributed by atoms with E-state index in [0.717, 1.165) is 12.8 Å². The standard InChI is InChI=1S/C15H14F3N5O2S/c1-26(24,8-9-2-3-9)22-11-7-23-5-4-10(6-12(23)19-11)13-20-14(25-21-13)15(16,17)18/h4-7,9H,2-3,8H2,1H3. The van der Waals surface area contributed by atoms with E-state index in [1.807, 2.05) is 0 Å². The van der Waals surface area contributed by atoms with Gasteiger partial charge < -0.3 is 8.92 Å². The monoisotopic (exact) mass is 385 g/mol. The predicted molar refractivity (Wildman–Crippen MR) is 87.2 cm³/mol. The van der Waals surface area contributed by atoms with Crippen LogP contribution in [0, 0.1) is 5.92 Å². The lowest BCUT2D eigenvalue weighted by Gasteiger charge is -1.99. The molecule has 1 saturated carbocycles. The van der Waals surface area contributed by atoms with E-state index in [2.05, 4.69) is 24.0 Å². The Kier molecular flexibility index (Phi) is 3.79. The first-order valence-electron chi connectivity index (χ1n) is 7.79. The van der Waals surface area contributed by atoms with Gasteiger partial charge >= 0.3 is 12.1 Å². The van der Waals surface area contributed by atoms with E-state index in [9.17, 15) is 17.4 Å². The number of aromatic nitrogens is 4. The van der Waals surface area contributed by atoms with Crippen LogP contribution >= 0.6 is 0 Å². The van der Waals surface area contributed by atoms with Crippen LogP contribution in [0.1, 0.15) is 18.7 Å². The average molecular weight is 385 g/mol. The molecule has 1 unspecified atom stereocenters. The quantitative estimate of drug-likeness (QED) is 0.686. The molecule has 11 heteroatoms. The molecule has 0 aliphatic heterocycles. The third-order valence-electron chi connectivity index (χ3n) is 3.90. The minimum absolute atomic E-state index is 0.186. The van der Waals surface area contributed by atoms with Gasteiger partial charge in [0.1, 0.15) is 5.65 Å². The average Bonchev–Trinajstić information content (AvgIpc) is 3.05. The van der Waals surface area contributed by atoms with Gasteiger partial charge in [0.25, 0.3) is 0 Å². The van der Waals surface area contributed by atoms with E-state index in [1.54, 1.807) is 23.1 Å². The van der Waals surface area contributed by atoms with Crippen molar-refractivity contribution in [3.63, 3.8) is 0 Å². The van der Waals surface area contributed by atoms with Crippen molar-refractivity contribution < 1.29 is 21.9 Å². The molecule has 7 nitrogen and oxygen atoms in total. The second-order valence-corrected chi connectivity index (χ2v) is 8.80. The molecule has 0 N–H and O–H groups in total. The largest absolute Gasteiger partial charge is 0.471 e. The first-order valence-corrected chi connectivity index (χ1v) is 9.89. The Hall–Kier alpha value is -2.43. The molecule has 3 aromatic heterocycles. The van der Waals surface area contributed by atoms with Crippen molar-refractivity contribution in [2.45, 2.75) is 19.0 Å². The SMILES string of the molecule is CS(=O)(CC1CC1)=Nc1cn2ccc(-c3noc(C(F)(F)F)n3)cc2n1. The van der Waals surface area contributed by atoms with Gasteiger partial charge in [-0.1, -0.05) is 5.16 Å². The predicted octanol–water partition coefficient (Wildman–Crippen LogP) is 3.54. The summed E-state index contributed by atoms with van der Waals surface area (Å²) in [5, 5.41) is 3.35. The molecule has 0 spiro atoms. The molecule has 0 radical (unpaired) electrons. The van der Waals surface area contributed by atoms with Crippen LogP contribution in [-0.4, -0.2) is 35.7 Å². The third kappa shape index (κ3) is 3.57. The summed E-state index contributed by atoms with van der Waals surface area (Å²) in [6.07, 6.45) is 2.29. The van der Waals surface area contributed by atoms with Crippen LogP contribution in [0.2, 0.25) is 0 Å². The Balaban J connectivity index is 1.66. The van der Waals surface area contributed by atoms with Crippen molar-refractivity contribution in [1.82, 2.24) is 19.5 Å². The third-order valence-corrected chi connectivity index (χ3v) is 5.57. The maximum absolute atomic E-state index is 12.6. The highest BCUT2D eigenvalue weighted by Crippen LogP contribution is 2.32. The number of hydrogen-bond donors (Lipinski definition) is 0. The van der Waals surface area contributed by atoms with Crippen LogP contribution in [0.4, 0.5) is 19.0 Å². The zero-order valence-corrected chi connectivity index (χ0v) is 14.4. The summed E-state index contributed by atoms with van der Waals surface area (Å²) < 4.78 is 60.4. The number of rotatable bonds is 4. The van der Waals surface area contributed by atoms with E-state index >= 15 is 0 Å². The molecule has 3 heterocycles. The second kappa shape index (κ2) is 5.79. The van der Waals surface area contributed by atoms with E-state index in [-0.39, 0.29) is 5.82 Å². The van der Waals surface area contributed by atoms with Gasteiger partial charge in [-0.2, -0.15) is 22.5 Å². The zero-order valence-electron chi connectivity index (χ0n) is 13.6. The lowest BCUT2D eigenvalue weighted by Crippen LogP contribution is -2.04. The van der Waals surface area contributed by atoms with Gasteiger partial charge in [-0.25, -0.2) is 9.19 Å². The van der Waals surface area contributed by atoms with Crippen molar-refractivity contribution in [3.8, 4) is 11.4 Å². The van der Waals surface area contributed by atoms with E-state index in [0.29, 0.717) is 28.7 Å². The van der Waals surface area contributed by atoms with Crippen LogP contribution in [0.25, 0.3) is 17.0 Å². The minimum atomic E-state index is -4.70. The summed E-state index contributed by atoms with van der Waals surface area (Å²) in [4.78, 5) is 7.63. The topological polar surface area (TPSA) is 85.7 Å². The van der Waals surface area contributed by atoms with E-state index in [4.69, 9.17) is 0 Å². The maximum atomic E-state index is 12.6. The van der Waals surface area contributed by atoms with Crippen LogP contribution in [0.5, 0.6) is 0 Å². The molecule has 0 bridgehead atoms. The normalized spacial score (nSPS) is 17.4. The Labute approximate surface area is 146 Å². The number of imidazole rings is 1. The molecule has 3 aromatic rings. The fourth-order valence-corrected chi connectivity index (χ4v) is 4.33. The zero-order chi connectivity index (χ0) is 18.5. The lowest BCUT2D eigenvalue weighted by atomic mass is 10.2. The highest BCUT2D eigenvalue weighted by atomic mass is 32.2. The fraction of sp³-hybridized carbons (Fsp3) is 0.400. The summed E-state index contributed by atoms with van der Waals surface area (Å²) in [6, 6.07) is 3.05. The molecule has 0 saturated heterocycles. The summed E-state index contributed by atoms with van der Waals surface area (Å²) >= 11 is 0. The number of pyridine rings is 1. The Bertz CT molecular complexity index is 1090. The number of nitrogens with zero attached hydrogens (tertiary/aromatic N) is 5. The molecule has 1 atom stereocenters. The van der Waals surface area contributed by atoms with Crippen LogP contribution in [0.3, 0.4) is 0 Å². The lowest BCUT2D eigenvalue weighted by molar-refractivity contribution is -0.159. The van der Waals surface area contributed by atoms with Gasteiger partial charge in [0.05, 0.1) is 15.9 Å². The summed E-state index contributed by atoms with van der Waals surface area (Å²) in [5.41, 5.74) is 0.755. The summed E-state index contributed by atoms with van der Waals surface area (Å²) in [7, 11) is -2.36. The molecule has 1 aliphatic rings. The van der Waals surface area contributed by atoms with Crippen molar-refractivity contribution in [2.75, 3.05) is 12.0 Å². The smallest absolute Gasteiger partial charge is 0.329 e. The van der Waals surface area contributed by atoms with Gasteiger partial charge in [-0.3, -0.25) is 0 Å². The van der Waals surface area contributed by atoms with Crippen LogP contribution < -0.4 is 0 Å². The van der Waals surface area contributed by atoms with Crippen molar-refractivity contribution in [3.05, 3.63) is 30.4 Å². The highest BCUT2D eigenvalue weighted by molar-refractivity contribution is 7.93. The molecule has 0 amide bonds. The van der Waals surface area contributed by atoms with Crippen molar-refractivity contribution >= 4 is 21.2 Å². The Morgan fingerprint density at radius 1 is 1.38 bits per heavy atom. The van der Waals surface area contributed by atoms with E-state index in [1.165, 1.54) is 12.1 Å². The second-order valence-electron chi connectivity index (χ2n) is 6.36. The van der Waals surface area contributed by atoms with Gasteiger partial charge in [-0.05, 0) is 30.9 Å². The van der Waals surface area contributed by atoms with Crippen LogP contribution in [0.15, 0.2) is 33.4 Å². The number of fused-ring (bicyclic) bond motifs is 1. The van der Waals surface area contributed by atoms with E-state index < -0.39 is 21.8 Å². The fourth-order valence-electron chi connectivity index (χ4n) is 2.56. The molecule has 138 valence electrons. The first-order chi connectivity index (χ1) is 12.2. The molecule has 4 rings (SSSR count). The van der Waals surface area contributed by atoms with Gasteiger partial charge in [0.2, 0.25) is 5.82 Å². The number of alkyl halides is 3. The minimum Gasteiger partial charge on any atom is -0.329 e. The summed E-state index contributed by atoms with van der Waals surface area (Å²) in [6.45, 7) is 0. The van der Waals surface area contributed by atoms with Crippen molar-refractivity contribution in [1.29, 1.82) is 0 Å². The Morgan fingerprint density at radius 3 is 2.81 bits per heavy atom. The molecule has 1 fully saturated rings. The molecule has 1 aliphatic carbocycles. The van der Waals surface area contributed by atoms with Gasteiger partial charge in [0, 0.05) is 23.8 Å². The van der Waals surface area contributed by atoms with Crippen molar-refractivity contribution in [2.24, 2.45) is 10.3 Å². The highest BCUT2D eigenvalue weighted by Gasteiger charge is 2.38. The van der Waals surface area contributed by atoms with Gasteiger partial charge in [-0.15, -0.1) is 0 Å². The Morgan fingerprint density at radius 2 is 2.15 bits per heavy atom. The molecule has 26 heavy (non-hydrogen) atoms. The van der Waals surface area contributed by atoms with Crippen LogP contribution in [-0.2, 0) is 15.9 Å². The number of halogens is 3. The first kappa shape index (κ1) is 17.0. The maximum Gasteiger partial charge on any atom is 0.471 e.